The smallest absolute Gasteiger partial charge is 0.223 e. The fraction of sp³-hybridized carbons (Fsp3) is 0.417. The third-order valence-electron chi connectivity index (χ3n) is 2.84. The van der Waals surface area contributed by atoms with Gasteiger partial charge >= 0.3 is 0 Å². The highest BCUT2D eigenvalue weighted by Crippen LogP contribution is 2.16. The van der Waals surface area contributed by atoms with E-state index in [-0.39, 0.29) is 11.2 Å². The number of nitrogen functional groups attached to an aromatic ring is 1. The van der Waals surface area contributed by atoms with Crippen LogP contribution in [0.15, 0.2) is 24.3 Å². The maximum absolute atomic E-state index is 11.5. The van der Waals surface area contributed by atoms with Crippen molar-refractivity contribution in [3.8, 4) is 0 Å². The lowest BCUT2D eigenvalue weighted by Gasteiger charge is -2.15. The van der Waals surface area contributed by atoms with Crippen molar-refractivity contribution < 1.29 is 4.79 Å². The molecule has 0 aromatic heterocycles. The van der Waals surface area contributed by atoms with Crippen molar-refractivity contribution >= 4 is 24.2 Å². The molecule has 4 heteroatoms. The molecule has 1 aromatic carbocycles. The van der Waals surface area contributed by atoms with Gasteiger partial charge in [0, 0.05) is 30.4 Å². The average Bonchev–Trinajstić information content (AvgIpc) is 2.57. The van der Waals surface area contributed by atoms with E-state index >= 15 is 0 Å². The van der Waals surface area contributed by atoms with Crippen LogP contribution in [-0.2, 0) is 11.2 Å². The summed E-state index contributed by atoms with van der Waals surface area (Å²) >= 11 is 4.33. The molecule has 1 aromatic rings. The Balaban J connectivity index is 1.88. The van der Waals surface area contributed by atoms with E-state index < -0.39 is 0 Å². The number of hydrogen-bond donors (Lipinski definition) is 2. The maximum atomic E-state index is 11.5. The van der Waals surface area contributed by atoms with Gasteiger partial charge in [-0.2, -0.15) is 12.6 Å². The van der Waals surface area contributed by atoms with Gasteiger partial charge in [-0.1, -0.05) is 12.1 Å². The summed E-state index contributed by atoms with van der Waals surface area (Å²) in [6.45, 7) is 1.55. The number of nitrogens with zero attached hydrogens (tertiary/aromatic N) is 1. The van der Waals surface area contributed by atoms with Crippen molar-refractivity contribution in [2.45, 2.75) is 18.1 Å². The first-order chi connectivity index (χ1) is 7.65. The van der Waals surface area contributed by atoms with Gasteiger partial charge in [0.25, 0.3) is 0 Å². The normalized spacial score (nSPS) is 20.4. The second kappa shape index (κ2) is 4.78. The molecule has 1 unspecified atom stereocenters. The highest BCUT2D eigenvalue weighted by molar-refractivity contribution is 7.81. The van der Waals surface area contributed by atoms with Crippen LogP contribution in [-0.4, -0.2) is 29.1 Å². The van der Waals surface area contributed by atoms with Crippen LogP contribution >= 0.6 is 12.6 Å². The van der Waals surface area contributed by atoms with E-state index in [1.165, 1.54) is 5.56 Å². The Hall–Kier alpha value is -1.16. The first kappa shape index (κ1) is 11.3. The molecular formula is C12H16N2OS. The molecule has 1 amide bonds. The number of hydrogen-bond acceptors (Lipinski definition) is 3. The van der Waals surface area contributed by atoms with Gasteiger partial charge in [0.05, 0.1) is 0 Å². The summed E-state index contributed by atoms with van der Waals surface area (Å²) in [4.78, 5) is 13.4. The van der Waals surface area contributed by atoms with Gasteiger partial charge in [0.2, 0.25) is 5.91 Å². The van der Waals surface area contributed by atoms with Crippen LogP contribution in [0, 0.1) is 0 Å². The standard InChI is InChI=1S/C12H16N2OS/c13-10-3-1-9(2-4-10)5-6-14-8-11(16)7-12(14)15/h1-4,11,16H,5-8,13H2. The van der Waals surface area contributed by atoms with Gasteiger partial charge in [-0.3, -0.25) is 4.79 Å². The minimum absolute atomic E-state index is 0.207. The molecule has 3 nitrogen and oxygen atoms in total. The summed E-state index contributed by atoms with van der Waals surface area (Å²) < 4.78 is 0. The molecule has 1 saturated heterocycles. The van der Waals surface area contributed by atoms with E-state index in [0.29, 0.717) is 6.42 Å². The second-order valence-electron chi connectivity index (χ2n) is 4.19. The van der Waals surface area contributed by atoms with Crippen molar-refractivity contribution in [3.63, 3.8) is 0 Å². The summed E-state index contributed by atoms with van der Waals surface area (Å²) in [7, 11) is 0. The minimum Gasteiger partial charge on any atom is -0.399 e. The topological polar surface area (TPSA) is 46.3 Å². The van der Waals surface area contributed by atoms with Crippen LogP contribution in [0.4, 0.5) is 5.69 Å². The largest absolute Gasteiger partial charge is 0.399 e. The fourth-order valence-electron chi connectivity index (χ4n) is 1.92. The van der Waals surface area contributed by atoms with Gasteiger partial charge in [-0.15, -0.1) is 0 Å². The lowest BCUT2D eigenvalue weighted by atomic mass is 10.1. The van der Waals surface area contributed by atoms with Gasteiger partial charge < -0.3 is 10.6 Å². The molecule has 1 atom stereocenters. The van der Waals surface area contributed by atoms with Crippen LogP contribution in [0.2, 0.25) is 0 Å². The second-order valence-corrected chi connectivity index (χ2v) is 4.92. The van der Waals surface area contributed by atoms with E-state index in [2.05, 4.69) is 12.6 Å². The molecule has 2 rings (SSSR count). The van der Waals surface area contributed by atoms with Crippen molar-refractivity contribution in [1.29, 1.82) is 0 Å². The van der Waals surface area contributed by atoms with Crippen LogP contribution < -0.4 is 5.73 Å². The zero-order valence-corrected chi connectivity index (χ0v) is 9.99. The molecule has 1 heterocycles. The summed E-state index contributed by atoms with van der Waals surface area (Å²) in [5.41, 5.74) is 7.60. The monoisotopic (exact) mass is 236 g/mol. The van der Waals surface area contributed by atoms with Gasteiger partial charge in [0.1, 0.15) is 0 Å². The Kier molecular flexibility index (Phi) is 3.39. The molecule has 2 N–H and O–H groups in total. The number of nitrogens with two attached hydrogens (primary N) is 1. The number of thiol groups is 1. The Morgan fingerprint density at radius 1 is 1.38 bits per heavy atom. The number of carbonyl (C=O) groups excluding carboxylic acids is 1. The van der Waals surface area contributed by atoms with Crippen molar-refractivity contribution in [2.75, 3.05) is 18.8 Å². The molecule has 0 spiro atoms. The molecule has 16 heavy (non-hydrogen) atoms. The van der Waals surface area contributed by atoms with E-state index in [1.54, 1.807) is 0 Å². The fourth-order valence-corrected chi connectivity index (χ4v) is 2.27. The number of carbonyl (C=O) groups is 1. The summed E-state index contributed by atoms with van der Waals surface area (Å²) in [6, 6.07) is 7.80. The maximum Gasteiger partial charge on any atom is 0.223 e. The number of anilines is 1. The Morgan fingerprint density at radius 2 is 2.06 bits per heavy atom. The van der Waals surface area contributed by atoms with E-state index in [9.17, 15) is 4.79 Å². The zero-order chi connectivity index (χ0) is 11.5. The van der Waals surface area contributed by atoms with Crippen LogP contribution in [0.25, 0.3) is 0 Å². The first-order valence-corrected chi connectivity index (χ1v) is 5.97. The molecular weight excluding hydrogens is 220 g/mol. The van der Waals surface area contributed by atoms with E-state index in [0.717, 1.165) is 25.2 Å². The van der Waals surface area contributed by atoms with Gasteiger partial charge in [0.15, 0.2) is 0 Å². The van der Waals surface area contributed by atoms with Crippen LogP contribution in [0.1, 0.15) is 12.0 Å². The van der Waals surface area contributed by atoms with Crippen molar-refractivity contribution in [1.82, 2.24) is 4.90 Å². The SMILES string of the molecule is Nc1ccc(CCN2CC(S)CC2=O)cc1. The van der Waals surface area contributed by atoms with E-state index in [4.69, 9.17) is 5.73 Å². The zero-order valence-electron chi connectivity index (χ0n) is 9.10. The molecule has 1 aliphatic rings. The number of benzene rings is 1. The number of amides is 1. The Morgan fingerprint density at radius 3 is 2.62 bits per heavy atom. The molecule has 86 valence electrons. The highest BCUT2D eigenvalue weighted by Gasteiger charge is 2.26. The van der Waals surface area contributed by atoms with Gasteiger partial charge in [-0.05, 0) is 24.1 Å². The summed E-state index contributed by atoms with van der Waals surface area (Å²) in [6.07, 6.45) is 1.46. The average molecular weight is 236 g/mol. The predicted octanol–water partition coefficient (Wildman–Crippen LogP) is 1.34. The quantitative estimate of drug-likeness (QED) is 0.614. The Bertz CT molecular complexity index is 377. The summed E-state index contributed by atoms with van der Waals surface area (Å²) in [5, 5.41) is 0.207. The molecule has 1 fully saturated rings. The lowest BCUT2D eigenvalue weighted by Crippen LogP contribution is -2.27. The predicted molar refractivity (Wildman–Crippen MR) is 68.5 cm³/mol. The van der Waals surface area contributed by atoms with E-state index in [1.807, 2.05) is 29.2 Å². The summed E-state index contributed by atoms with van der Waals surface area (Å²) in [5.74, 6) is 0.218. The van der Waals surface area contributed by atoms with Crippen LogP contribution in [0.3, 0.4) is 0 Å². The molecule has 0 bridgehead atoms. The molecule has 0 aliphatic carbocycles. The third kappa shape index (κ3) is 2.70. The van der Waals surface area contributed by atoms with Crippen molar-refractivity contribution in [2.24, 2.45) is 0 Å². The molecule has 0 radical (unpaired) electrons. The Labute approximate surface area is 101 Å². The minimum atomic E-state index is 0.207. The lowest BCUT2D eigenvalue weighted by molar-refractivity contribution is -0.127. The number of rotatable bonds is 3. The first-order valence-electron chi connectivity index (χ1n) is 5.45. The van der Waals surface area contributed by atoms with Gasteiger partial charge in [-0.25, -0.2) is 0 Å². The third-order valence-corrected chi connectivity index (χ3v) is 3.19. The van der Waals surface area contributed by atoms with Crippen molar-refractivity contribution in [3.05, 3.63) is 29.8 Å². The molecule has 1 aliphatic heterocycles. The molecule has 0 saturated carbocycles. The van der Waals surface area contributed by atoms with Crippen LogP contribution in [0.5, 0.6) is 0 Å². The highest BCUT2D eigenvalue weighted by atomic mass is 32.1. The number of likely N-dealkylation sites (tertiary alicyclic amines) is 1.